The van der Waals surface area contributed by atoms with E-state index in [9.17, 15) is 13.2 Å². The van der Waals surface area contributed by atoms with Crippen LogP contribution in [-0.2, 0) is 6.42 Å². The maximum Gasteiger partial charge on any atom is 0.573 e. The second kappa shape index (κ2) is 7.61. The lowest BCUT2D eigenvalue weighted by Gasteiger charge is -2.14. The fourth-order valence-electron chi connectivity index (χ4n) is 2.83. The quantitative estimate of drug-likeness (QED) is 0.458. The largest absolute Gasteiger partial charge is 0.573 e. The summed E-state index contributed by atoms with van der Waals surface area (Å²) >= 11 is 0. The minimum absolute atomic E-state index is 0.0178. The molecular formula is C19H19F3N4O. The third-order valence-electron chi connectivity index (χ3n) is 4.05. The summed E-state index contributed by atoms with van der Waals surface area (Å²) in [6.45, 7) is 2.42. The molecule has 0 spiro atoms. The summed E-state index contributed by atoms with van der Waals surface area (Å²) in [5, 5.41) is 3.78. The number of fused-ring (bicyclic) bond motifs is 1. The van der Waals surface area contributed by atoms with Gasteiger partial charge in [-0.1, -0.05) is 30.3 Å². The first-order valence-corrected chi connectivity index (χ1v) is 8.31. The van der Waals surface area contributed by atoms with Crippen LogP contribution in [0.25, 0.3) is 10.9 Å². The molecule has 5 nitrogen and oxygen atoms in total. The number of hydrogen-bond donors (Lipinski definition) is 3. The molecule has 0 aliphatic carbocycles. The van der Waals surface area contributed by atoms with Gasteiger partial charge in [0.25, 0.3) is 0 Å². The lowest BCUT2D eigenvalue weighted by atomic mass is 10.1. The van der Waals surface area contributed by atoms with Crippen molar-refractivity contribution in [3.8, 4) is 5.75 Å². The summed E-state index contributed by atoms with van der Waals surface area (Å²) in [6.07, 6.45) is -2.20. The number of alkyl halides is 3. The van der Waals surface area contributed by atoms with Crippen molar-refractivity contribution < 1.29 is 17.9 Å². The Balaban J connectivity index is 1.66. The molecular weight excluding hydrogens is 357 g/mol. The van der Waals surface area contributed by atoms with Gasteiger partial charge in [0.2, 0.25) is 0 Å². The number of aromatic amines is 1. The van der Waals surface area contributed by atoms with Crippen molar-refractivity contribution in [2.24, 2.45) is 10.7 Å². The van der Waals surface area contributed by atoms with Crippen molar-refractivity contribution in [1.82, 2.24) is 4.98 Å². The molecule has 27 heavy (non-hydrogen) atoms. The minimum Gasteiger partial charge on any atom is -0.404 e. The van der Waals surface area contributed by atoms with Crippen LogP contribution in [0.15, 0.2) is 53.7 Å². The third kappa shape index (κ3) is 4.72. The maximum absolute atomic E-state index is 12.5. The van der Waals surface area contributed by atoms with Gasteiger partial charge in [0.1, 0.15) is 0 Å². The Bertz CT molecular complexity index is 963. The van der Waals surface area contributed by atoms with Gasteiger partial charge in [-0.3, -0.25) is 4.99 Å². The zero-order valence-electron chi connectivity index (χ0n) is 14.6. The van der Waals surface area contributed by atoms with Crippen LogP contribution in [0.3, 0.4) is 0 Å². The molecule has 4 N–H and O–H groups in total. The number of nitrogens with one attached hydrogen (secondary N) is 2. The number of benzene rings is 2. The Morgan fingerprint density at radius 1 is 1.19 bits per heavy atom. The van der Waals surface area contributed by atoms with E-state index in [1.54, 1.807) is 6.07 Å². The number of anilines is 1. The van der Waals surface area contributed by atoms with Gasteiger partial charge in [0.15, 0.2) is 11.7 Å². The molecule has 0 radical (unpaired) electrons. The van der Waals surface area contributed by atoms with E-state index < -0.39 is 6.36 Å². The average Bonchev–Trinajstić information content (AvgIpc) is 3.00. The molecule has 0 bridgehead atoms. The molecule has 1 aromatic heterocycles. The lowest BCUT2D eigenvalue weighted by Crippen LogP contribution is -2.24. The monoisotopic (exact) mass is 376 g/mol. The van der Waals surface area contributed by atoms with Crippen LogP contribution in [-0.4, -0.2) is 23.9 Å². The highest BCUT2D eigenvalue weighted by atomic mass is 19.4. The van der Waals surface area contributed by atoms with Gasteiger partial charge in [-0.05, 0) is 36.6 Å². The molecule has 3 rings (SSSR count). The van der Waals surface area contributed by atoms with Crippen molar-refractivity contribution in [3.05, 3.63) is 59.8 Å². The predicted molar refractivity (Wildman–Crippen MR) is 100.0 cm³/mol. The number of guanidine groups is 1. The number of nitrogens with two attached hydrogens (primary N) is 1. The Morgan fingerprint density at radius 2 is 1.96 bits per heavy atom. The Hall–Kier alpha value is -3.16. The summed E-state index contributed by atoms with van der Waals surface area (Å²) in [7, 11) is 0. The molecule has 0 atom stereocenters. The molecule has 0 amide bonds. The molecule has 0 aliphatic rings. The normalized spacial score (nSPS) is 12.4. The number of para-hydroxylation sites is 3. The summed E-state index contributed by atoms with van der Waals surface area (Å²) in [5.41, 5.74) is 9.25. The van der Waals surface area contributed by atoms with Gasteiger partial charge < -0.3 is 20.8 Å². The van der Waals surface area contributed by atoms with Gasteiger partial charge in [-0.2, -0.15) is 0 Å². The van der Waals surface area contributed by atoms with Gasteiger partial charge in [0.05, 0.1) is 5.69 Å². The van der Waals surface area contributed by atoms with E-state index in [0.29, 0.717) is 13.0 Å². The van der Waals surface area contributed by atoms with Gasteiger partial charge in [-0.25, -0.2) is 0 Å². The minimum atomic E-state index is -4.78. The number of rotatable bonds is 5. The number of nitrogens with zero attached hydrogens (tertiary/aromatic N) is 1. The number of H-pyrrole nitrogens is 1. The second-order valence-corrected chi connectivity index (χ2v) is 6.00. The standard InChI is InChI=1S/C19H19F3N4O/c1-12-5-4-6-14-13(11-25-17(12)14)9-10-24-18(23)26-15-7-2-3-8-16(15)27-19(20,21)22/h2-8,11,25H,9-10H2,1H3,(H3,23,24,26). The van der Waals surface area contributed by atoms with Crippen molar-refractivity contribution in [3.63, 3.8) is 0 Å². The van der Waals surface area contributed by atoms with E-state index in [1.165, 1.54) is 18.2 Å². The molecule has 1 heterocycles. The van der Waals surface area contributed by atoms with Crippen molar-refractivity contribution in [2.45, 2.75) is 19.7 Å². The Labute approximate surface area is 154 Å². The molecule has 0 aliphatic heterocycles. The fourth-order valence-corrected chi connectivity index (χ4v) is 2.83. The van der Waals surface area contributed by atoms with Crippen LogP contribution >= 0.6 is 0 Å². The summed E-state index contributed by atoms with van der Waals surface area (Å²) in [4.78, 5) is 7.44. The molecule has 8 heteroatoms. The molecule has 0 fully saturated rings. The number of aryl methyl sites for hydroxylation is 1. The number of hydrogen-bond acceptors (Lipinski definition) is 2. The lowest BCUT2D eigenvalue weighted by molar-refractivity contribution is -0.274. The Kier molecular flexibility index (Phi) is 5.25. The zero-order valence-corrected chi connectivity index (χ0v) is 14.6. The average molecular weight is 376 g/mol. The van der Waals surface area contributed by atoms with Gasteiger partial charge >= 0.3 is 6.36 Å². The molecule has 0 saturated carbocycles. The highest BCUT2D eigenvalue weighted by molar-refractivity contribution is 5.93. The van der Waals surface area contributed by atoms with Gasteiger partial charge in [0, 0.05) is 23.6 Å². The van der Waals surface area contributed by atoms with Crippen molar-refractivity contribution >= 4 is 22.5 Å². The Morgan fingerprint density at radius 3 is 2.74 bits per heavy atom. The summed E-state index contributed by atoms with van der Waals surface area (Å²) < 4.78 is 41.4. The van der Waals surface area contributed by atoms with E-state index >= 15 is 0 Å². The molecule has 2 aromatic carbocycles. The molecule has 0 saturated heterocycles. The van der Waals surface area contributed by atoms with E-state index in [2.05, 4.69) is 20.0 Å². The van der Waals surface area contributed by atoms with Crippen molar-refractivity contribution in [1.29, 1.82) is 0 Å². The van der Waals surface area contributed by atoms with Crippen molar-refractivity contribution in [2.75, 3.05) is 11.9 Å². The molecule has 3 aromatic rings. The maximum atomic E-state index is 12.5. The zero-order chi connectivity index (χ0) is 19.4. The first-order chi connectivity index (χ1) is 12.8. The summed E-state index contributed by atoms with van der Waals surface area (Å²) in [6, 6.07) is 11.7. The van der Waals surface area contributed by atoms with Crippen LogP contribution in [0.4, 0.5) is 18.9 Å². The van der Waals surface area contributed by atoms with E-state index in [0.717, 1.165) is 22.0 Å². The van der Waals surface area contributed by atoms with E-state index in [4.69, 9.17) is 5.73 Å². The topological polar surface area (TPSA) is 75.4 Å². The summed E-state index contributed by atoms with van der Waals surface area (Å²) in [5.74, 6) is -0.348. The third-order valence-corrected chi connectivity index (χ3v) is 4.05. The first-order valence-electron chi connectivity index (χ1n) is 8.31. The highest BCUT2D eigenvalue weighted by Gasteiger charge is 2.32. The molecule has 0 unspecified atom stereocenters. The fraction of sp³-hybridized carbons (Fsp3) is 0.211. The van der Waals surface area contributed by atoms with E-state index in [-0.39, 0.29) is 17.4 Å². The highest BCUT2D eigenvalue weighted by Crippen LogP contribution is 2.29. The van der Waals surface area contributed by atoms with Crippen LogP contribution in [0.5, 0.6) is 5.75 Å². The van der Waals surface area contributed by atoms with Crippen LogP contribution in [0.2, 0.25) is 0 Å². The number of halogens is 3. The van der Waals surface area contributed by atoms with Crippen LogP contribution < -0.4 is 15.8 Å². The first kappa shape index (κ1) is 18.6. The smallest absolute Gasteiger partial charge is 0.404 e. The van der Waals surface area contributed by atoms with E-state index in [1.807, 2.05) is 31.3 Å². The SMILES string of the molecule is Cc1cccc2c(CCN=C(N)Nc3ccccc3OC(F)(F)F)c[nH]c12. The van der Waals surface area contributed by atoms with Crippen LogP contribution in [0, 0.1) is 6.92 Å². The van der Waals surface area contributed by atoms with Gasteiger partial charge in [-0.15, -0.1) is 13.2 Å². The number of aromatic nitrogens is 1. The number of ether oxygens (including phenoxy) is 1. The second-order valence-electron chi connectivity index (χ2n) is 6.00. The molecule has 142 valence electrons. The van der Waals surface area contributed by atoms with Crippen LogP contribution in [0.1, 0.15) is 11.1 Å². The number of aliphatic imine (C=N–C) groups is 1. The predicted octanol–water partition coefficient (Wildman–Crippen LogP) is 4.34.